The summed E-state index contributed by atoms with van der Waals surface area (Å²) in [5, 5.41) is 4.29. The van der Waals surface area contributed by atoms with Crippen molar-refractivity contribution < 1.29 is 9.53 Å². The standard InChI is InChI=1S/C40H60N2O2S/c1-36(2)30(28-9-11-29(12-10-28)35(43)44-6)15-18-37(3)33(36)16-19-39(5)34(37)14-13-31-32-8-7-17-40(32,21-20-38(31,39)4)41-22-23-42-24-26-45-27-25-42/h9-12,15,31-34,41H,7-8,13-14,16-27H2,1-6H3/t31?,32-,33?,34?,37?,38-,39?,40?/m1/s1. The van der Waals surface area contributed by atoms with Crippen LogP contribution in [0.4, 0.5) is 0 Å². The fourth-order valence-corrected chi connectivity index (χ4v) is 14.1. The molecule has 0 spiro atoms. The Morgan fingerprint density at radius 1 is 0.889 bits per heavy atom. The minimum Gasteiger partial charge on any atom is -0.465 e. The van der Waals surface area contributed by atoms with Gasteiger partial charge in [-0.15, -0.1) is 0 Å². The van der Waals surface area contributed by atoms with Gasteiger partial charge >= 0.3 is 5.97 Å². The molecule has 1 aromatic carbocycles. The first kappa shape index (κ1) is 32.3. The third-order valence-electron chi connectivity index (χ3n) is 15.6. The molecule has 1 aromatic rings. The zero-order chi connectivity index (χ0) is 31.7. The lowest BCUT2D eigenvalue weighted by molar-refractivity contribution is -0.217. The van der Waals surface area contributed by atoms with Crippen LogP contribution in [0, 0.1) is 45.3 Å². The van der Waals surface area contributed by atoms with Gasteiger partial charge in [0.05, 0.1) is 12.7 Å². The van der Waals surface area contributed by atoms with E-state index >= 15 is 0 Å². The average molecular weight is 633 g/mol. The van der Waals surface area contributed by atoms with Crippen LogP contribution >= 0.6 is 11.8 Å². The molecule has 4 nitrogen and oxygen atoms in total. The summed E-state index contributed by atoms with van der Waals surface area (Å²) < 4.78 is 4.96. The Labute approximate surface area is 278 Å². The predicted molar refractivity (Wildman–Crippen MR) is 188 cm³/mol. The number of carbonyl (C=O) groups is 1. The van der Waals surface area contributed by atoms with E-state index in [-0.39, 0.29) is 11.4 Å². The van der Waals surface area contributed by atoms with Gasteiger partial charge in [-0.05, 0) is 126 Å². The molecular formula is C40H60N2O2S. The number of ether oxygens (including phenoxy) is 1. The molecule has 5 fully saturated rings. The van der Waals surface area contributed by atoms with Crippen LogP contribution in [0.5, 0.6) is 0 Å². The molecule has 1 aliphatic heterocycles. The summed E-state index contributed by atoms with van der Waals surface area (Å²) in [5.41, 5.74) is 5.05. The Bertz CT molecular complexity index is 1300. The number of thioether (sulfide) groups is 1. The minimum atomic E-state index is -0.258. The summed E-state index contributed by atoms with van der Waals surface area (Å²) in [6, 6.07) is 8.19. The van der Waals surface area contributed by atoms with Crippen LogP contribution in [0.15, 0.2) is 30.3 Å². The molecule has 8 atom stereocenters. The van der Waals surface area contributed by atoms with Crippen LogP contribution < -0.4 is 5.32 Å². The number of nitrogens with zero attached hydrogens (tertiary/aromatic N) is 1. The van der Waals surface area contributed by atoms with Gasteiger partial charge in [0.1, 0.15) is 0 Å². The maximum Gasteiger partial charge on any atom is 0.337 e. The lowest BCUT2D eigenvalue weighted by Crippen LogP contribution is -2.67. The molecule has 1 heterocycles. The van der Waals surface area contributed by atoms with Crippen molar-refractivity contribution in [1.82, 2.24) is 10.2 Å². The van der Waals surface area contributed by atoms with Gasteiger partial charge < -0.3 is 15.0 Å². The molecular weight excluding hydrogens is 573 g/mol. The highest BCUT2D eigenvalue weighted by atomic mass is 32.2. The fraction of sp³-hybridized carbons (Fsp3) is 0.775. The monoisotopic (exact) mass is 632 g/mol. The summed E-state index contributed by atoms with van der Waals surface area (Å²) in [6.45, 7) is 18.3. The van der Waals surface area contributed by atoms with Crippen molar-refractivity contribution in [3.63, 3.8) is 0 Å². The minimum absolute atomic E-state index is 0.100. The highest BCUT2D eigenvalue weighted by Crippen LogP contribution is 2.76. The normalized spacial score (nSPS) is 42.5. The SMILES string of the molecule is COC(=O)c1ccc(C2=CCC3(C)C(CCC4(C)C3CCC3[C@H]5CCCC5(NCCN5CCSCC5)CC[C@]34C)C2(C)C)cc1. The molecule has 1 saturated heterocycles. The second kappa shape index (κ2) is 11.7. The van der Waals surface area contributed by atoms with Gasteiger partial charge in [-0.25, -0.2) is 4.79 Å². The smallest absolute Gasteiger partial charge is 0.337 e. The summed E-state index contributed by atoms with van der Waals surface area (Å²) >= 11 is 2.12. The molecule has 0 aromatic heterocycles. The Morgan fingerprint density at radius 2 is 1.64 bits per heavy atom. The van der Waals surface area contributed by atoms with E-state index in [9.17, 15) is 4.79 Å². The first-order valence-electron chi connectivity index (χ1n) is 18.4. The van der Waals surface area contributed by atoms with Crippen LogP contribution in [-0.2, 0) is 4.74 Å². The van der Waals surface area contributed by atoms with Gasteiger partial charge in [-0.3, -0.25) is 0 Å². The van der Waals surface area contributed by atoms with Crippen molar-refractivity contribution in [1.29, 1.82) is 0 Å². The quantitative estimate of drug-likeness (QED) is 0.318. The van der Waals surface area contributed by atoms with Crippen LogP contribution in [0.1, 0.15) is 115 Å². The lowest BCUT2D eigenvalue weighted by atomic mass is 9.33. The fourth-order valence-electron chi connectivity index (χ4n) is 13.2. The molecule has 5 aliphatic carbocycles. The average Bonchev–Trinajstić information content (AvgIpc) is 3.45. The van der Waals surface area contributed by atoms with E-state index in [0.717, 1.165) is 17.8 Å². The van der Waals surface area contributed by atoms with Crippen molar-refractivity contribution in [2.24, 2.45) is 45.3 Å². The first-order valence-corrected chi connectivity index (χ1v) is 19.6. The van der Waals surface area contributed by atoms with E-state index in [1.54, 1.807) is 0 Å². The number of hydrogen-bond acceptors (Lipinski definition) is 5. The van der Waals surface area contributed by atoms with E-state index in [2.05, 4.69) is 74.8 Å². The number of rotatable bonds is 6. The van der Waals surface area contributed by atoms with Crippen molar-refractivity contribution in [3.05, 3.63) is 41.5 Å². The van der Waals surface area contributed by atoms with Crippen molar-refractivity contribution in [3.8, 4) is 0 Å². The van der Waals surface area contributed by atoms with E-state index < -0.39 is 0 Å². The molecule has 0 radical (unpaired) electrons. The van der Waals surface area contributed by atoms with Crippen LogP contribution in [-0.4, -0.2) is 61.2 Å². The van der Waals surface area contributed by atoms with Gasteiger partial charge in [-0.2, -0.15) is 11.8 Å². The van der Waals surface area contributed by atoms with Crippen molar-refractivity contribution in [2.45, 2.75) is 104 Å². The van der Waals surface area contributed by atoms with Crippen molar-refractivity contribution >= 4 is 23.3 Å². The molecule has 0 amide bonds. The summed E-state index contributed by atoms with van der Waals surface area (Å²) in [7, 11) is 1.46. The third kappa shape index (κ3) is 4.94. The predicted octanol–water partition coefficient (Wildman–Crippen LogP) is 8.71. The highest BCUT2D eigenvalue weighted by Gasteiger charge is 2.69. The van der Waals surface area contributed by atoms with Gasteiger partial charge in [0.25, 0.3) is 0 Å². The molecule has 6 aliphatic rings. The third-order valence-corrected chi connectivity index (χ3v) is 16.5. The molecule has 45 heavy (non-hydrogen) atoms. The number of benzene rings is 1. The number of esters is 1. The Hall–Kier alpha value is -1.30. The number of carbonyl (C=O) groups excluding carboxylic acids is 1. The Balaban J connectivity index is 1.12. The van der Waals surface area contributed by atoms with Gasteiger partial charge in [0.15, 0.2) is 0 Å². The van der Waals surface area contributed by atoms with Gasteiger partial charge in [-0.1, -0.05) is 59.2 Å². The zero-order valence-electron chi connectivity index (χ0n) is 29.2. The van der Waals surface area contributed by atoms with E-state index in [1.165, 1.54) is 120 Å². The molecule has 6 unspecified atom stereocenters. The summed E-state index contributed by atoms with van der Waals surface area (Å²) in [6.07, 6.45) is 16.4. The molecule has 4 saturated carbocycles. The largest absolute Gasteiger partial charge is 0.465 e. The molecule has 7 rings (SSSR count). The second-order valence-electron chi connectivity index (χ2n) is 17.3. The maximum absolute atomic E-state index is 12.1. The topological polar surface area (TPSA) is 41.6 Å². The summed E-state index contributed by atoms with van der Waals surface area (Å²) in [5.74, 6) is 5.55. The number of hydrogen-bond donors (Lipinski definition) is 1. The van der Waals surface area contributed by atoms with E-state index in [0.29, 0.717) is 33.3 Å². The number of fused-ring (bicyclic) bond motifs is 7. The number of allylic oxidation sites excluding steroid dienone is 2. The van der Waals surface area contributed by atoms with Crippen LogP contribution in [0.2, 0.25) is 0 Å². The Morgan fingerprint density at radius 3 is 2.38 bits per heavy atom. The highest BCUT2D eigenvalue weighted by molar-refractivity contribution is 7.99. The molecule has 248 valence electrons. The second-order valence-corrected chi connectivity index (χ2v) is 18.5. The molecule has 1 N–H and O–H groups in total. The van der Waals surface area contributed by atoms with E-state index in [1.807, 2.05) is 12.1 Å². The van der Waals surface area contributed by atoms with Gasteiger partial charge in [0.2, 0.25) is 0 Å². The van der Waals surface area contributed by atoms with Crippen LogP contribution in [0.25, 0.3) is 5.57 Å². The molecule has 5 heteroatoms. The first-order chi connectivity index (χ1) is 21.5. The van der Waals surface area contributed by atoms with Crippen LogP contribution in [0.3, 0.4) is 0 Å². The zero-order valence-corrected chi connectivity index (χ0v) is 30.0. The van der Waals surface area contributed by atoms with Crippen molar-refractivity contribution in [2.75, 3.05) is 44.8 Å². The summed E-state index contributed by atoms with van der Waals surface area (Å²) in [4.78, 5) is 14.8. The maximum atomic E-state index is 12.1. The molecule has 0 bridgehead atoms. The van der Waals surface area contributed by atoms with Gasteiger partial charge in [0, 0.05) is 43.2 Å². The number of methoxy groups -OCH3 is 1. The lowest BCUT2D eigenvalue weighted by Gasteiger charge is -2.72. The number of nitrogens with one attached hydrogen (secondary N) is 1. The Kier molecular flexibility index (Phi) is 8.38. The van der Waals surface area contributed by atoms with E-state index in [4.69, 9.17) is 4.74 Å².